The van der Waals surface area contributed by atoms with Crippen molar-refractivity contribution in [2.75, 3.05) is 0 Å². The SMILES string of the molecule is CCC(C)C(=O)c1cc[c-]cc1.[Na+]. The maximum absolute atomic E-state index is 11.6. The van der Waals surface area contributed by atoms with Gasteiger partial charge in [-0.1, -0.05) is 19.4 Å². The molecule has 0 saturated heterocycles. The molecule has 0 aliphatic carbocycles. The number of hydrogen-bond donors (Lipinski definition) is 0. The summed E-state index contributed by atoms with van der Waals surface area (Å²) in [5, 5.41) is 0. The number of carbonyl (C=O) groups is 1. The fraction of sp³-hybridized carbons (Fsp3) is 0.364. The van der Waals surface area contributed by atoms with Gasteiger partial charge in [0.1, 0.15) is 5.78 Å². The molecule has 0 fully saturated rings. The average Bonchev–Trinajstić information content (AvgIpc) is 2.17. The molecule has 0 N–H and O–H groups in total. The van der Waals surface area contributed by atoms with Crippen molar-refractivity contribution in [3.8, 4) is 0 Å². The van der Waals surface area contributed by atoms with Crippen LogP contribution in [0.5, 0.6) is 0 Å². The molecule has 64 valence electrons. The number of ketones is 1. The van der Waals surface area contributed by atoms with Gasteiger partial charge in [0.15, 0.2) is 0 Å². The number of carbonyl (C=O) groups excluding carboxylic acids is 1. The van der Waals surface area contributed by atoms with E-state index in [1.807, 2.05) is 26.0 Å². The van der Waals surface area contributed by atoms with Gasteiger partial charge in [-0.25, -0.2) is 0 Å². The van der Waals surface area contributed by atoms with Crippen LogP contribution in [0.2, 0.25) is 0 Å². The standard InChI is InChI=1S/C11H13O.Na/c1-3-9(2)11(12)10-7-5-4-6-8-10;/h5-9H,3H2,1-2H3;/q-1;+1. The summed E-state index contributed by atoms with van der Waals surface area (Å²) in [6, 6.07) is 10.1. The van der Waals surface area contributed by atoms with E-state index in [-0.39, 0.29) is 41.3 Å². The van der Waals surface area contributed by atoms with Gasteiger partial charge in [-0.05, 0) is 6.42 Å². The fourth-order valence-corrected chi connectivity index (χ4v) is 1.02. The van der Waals surface area contributed by atoms with Gasteiger partial charge in [0, 0.05) is 5.92 Å². The molecule has 2 heteroatoms. The molecular formula is C11H13NaO. The molecule has 0 radical (unpaired) electrons. The van der Waals surface area contributed by atoms with Crippen molar-refractivity contribution in [3.05, 3.63) is 35.9 Å². The summed E-state index contributed by atoms with van der Waals surface area (Å²) in [7, 11) is 0. The molecule has 0 spiro atoms. The smallest absolute Gasteiger partial charge is 0.296 e. The fourth-order valence-electron chi connectivity index (χ4n) is 1.02. The van der Waals surface area contributed by atoms with Crippen molar-refractivity contribution in [2.45, 2.75) is 20.3 Å². The molecule has 0 aliphatic heterocycles. The van der Waals surface area contributed by atoms with Gasteiger partial charge in [0.2, 0.25) is 0 Å². The predicted molar refractivity (Wildman–Crippen MR) is 49.1 cm³/mol. The maximum Gasteiger partial charge on any atom is 1.00 e. The van der Waals surface area contributed by atoms with E-state index in [2.05, 4.69) is 6.07 Å². The Morgan fingerprint density at radius 2 is 2.00 bits per heavy atom. The summed E-state index contributed by atoms with van der Waals surface area (Å²) in [6.07, 6.45) is 0.900. The summed E-state index contributed by atoms with van der Waals surface area (Å²) in [4.78, 5) is 11.6. The molecule has 1 nitrogen and oxygen atoms in total. The van der Waals surface area contributed by atoms with Gasteiger partial charge in [-0.15, -0.1) is 0 Å². The summed E-state index contributed by atoms with van der Waals surface area (Å²) in [6.45, 7) is 3.98. The van der Waals surface area contributed by atoms with E-state index in [9.17, 15) is 4.79 Å². The van der Waals surface area contributed by atoms with Gasteiger partial charge >= 0.3 is 29.6 Å². The van der Waals surface area contributed by atoms with Gasteiger partial charge in [-0.3, -0.25) is 4.79 Å². The largest absolute Gasteiger partial charge is 1.00 e. The van der Waals surface area contributed by atoms with Crippen LogP contribution in [0.3, 0.4) is 0 Å². The Balaban J connectivity index is 0.00000144. The van der Waals surface area contributed by atoms with E-state index in [1.54, 1.807) is 12.1 Å². The van der Waals surface area contributed by atoms with Crippen LogP contribution < -0.4 is 29.6 Å². The first-order valence-corrected chi connectivity index (χ1v) is 4.26. The van der Waals surface area contributed by atoms with Crippen LogP contribution in [0.15, 0.2) is 24.3 Å². The molecule has 1 aromatic rings. The van der Waals surface area contributed by atoms with E-state index in [0.29, 0.717) is 0 Å². The molecule has 0 aromatic heterocycles. The van der Waals surface area contributed by atoms with E-state index < -0.39 is 0 Å². The zero-order chi connectivity index (χ0) is 8.97. The third-order valence-electron chi connectivity index (χ3n) is 2.06. The van der Waals surface area contributed by atoms with Crippen molar-refractivity contribution >= 4 is 5.78 Å². The van der Waals surface area contributed by atoms with Crippen molar-refractivity contribution in [3.63, 3.8) is 0 Å². The zero-order valence-corrected chi connectivity index (χ0v) is 10.5. The Bertz CT molecular complexity index is 256. The van der Waals surface area contributed by atoms with Crippen LogP contribution in [0, 0.1) is 12.0 Å². The van der Waals surface area contributed by atoms with Crippen LogP contribution in [0.25, 0.3) is 0 Å². The van der Waals surface area contributed by atoms with Crippen LogP contribution >= 0.6 is 0 Å². The topological polar surface area (TPSA) is 17.1 Å². The first kappa shape index (κ1) is 12.9. The van der Waals surface area contributed by atoms with Crippen molar-refractivity contribution in [1.29, 1.82) is 0 Å². The quantitative estimate of drug-likeness (QED) is 0.359. The molecule has 0 heterocycles. The summed E-state index contributed by atoms with van der Waals surface area (Å²) in [5.41, 5.74) is 0.795. The van der Waals surface area contributed by atoms with Crippen LogP contribution in [-0.4, -0.2) is 5.78 Å². The summed E-state index contributed by atoms with van der Waals surface area (Å²) < 4.78 is 0. The van der Waals surface area contributed by atoms with Gasteiger partial charge in [0.05, 0.1) is 0 Å². The van der Waals surface area contributed by atoms with Gasteiger partial charge in [0.25, 0.3) is 0 Å². The molecule has 0 aliphatic rings. The molecule has 1 unspecified atom stereocenters. The van der Waals surface area contributed by atoms with E-state index in [0.717, 1.165) is 12.0 Å². The first-order chi connectivity index (χ1) is 5.75. The molecule has 0 bridgehead atoms. The first-order valence-electron chi connectivity index (χ1n) is 4.26. The molecule has 0 amide bonds. The maximum atomic E-state index is 11.6. The van der Waals surface area contributed by atoms with E-state index in [1.165, 1.54) is 0 Å². The number of rotatable bonds is 3. The molecule has 1 atom stereocenters. The van der Waals surface area contributed by atoms with Crippen LogP contribution in [0.1, 0.15) is 30.6 Å². The van der Waals surface area contributed by atoms with E-state index >= 15 is 0 Å². The van der Waals surface area contributed by atoms with Crippen LogP contribution in [0.4, 0.5) is 0 Å². The monoisotopic (exact) mass is 184 g/mol. The van der Waals surface area contributed by atoms with Crippen molar-refractivity contribution < 1.29 is 34.4 Å². The Labute approximate surface area is 102 Å². The zero-order valence-electron chi connectivity index (χ0n) is 8.50. The minimum Gasteiger partial charge on any atom is -0.296 e. The molecule has 13 heavy (non-hydrogen) atoms. The molecule has 0 saturated carbocycles. The Hall–Kier alpha value is -0.110. The minimum atomic E-state index is 0. The van der Waals surface area contributed by atoms with E-state index in [4.69, 9.17) is 0 Å². The minimum absolute atomic E-state index is 0. The number of hydrogen-bond acceptors (Lipinski definition) is 1. The second-order valence-electron chi connectivity index (χ2n) is 2.96. The third-order valence-corrected chi connectivity index (χ3v) is 2.06. The normalized spacial score (nSPS) is 11.5. The van der Waals surface area contributed by atoms with Gasteiger partial charge in [-0.2, -0.15) is 30.3 Å². The average molecular weight is 184 g/mol. The Kier molecular flexibility index (Phi) is 6.31. The Morgan fingerprint density at radius 1 is 1.46 bits per heavy atom. The van der Waals surface area contributed by atoms with Crippen molar-refractivity contribution in [2.24, 2.45) is 5.92 Å². The second-order valence-corrected chi connectivity index (χ2v) is 2.96. The second kappa shape index (κ2) is 6.36. The summed E-state index contributed by atoms with van der Waals surface area (Å²) >= 11 is 0. The Morgan fingerprint density at radius 3 is 2.46 bits per heavy atom. The van der Waals surface area contributed by atoms with Gasteiger partial charge < -0.3 is 0 Å². The molecule has 1 aromatic carbocycles. The molecular weight excluding hydrogens is 171 g/mol. The molecule has 1 rings (SSSR count). The van der Waals surface area contributed by atoms with Crippen molar-refractivity contribution in [1.82, 2.24) is 0 Å². The summed E-state index contributed by atoms with van der Waals surface area (Å²) in [5.74, 6) is 0.360. The predicted octanol–water partition coefficient (Wildman–Crippen LogP) is -0.280. The third kappa shape index (κ3) is 3.63. The van der Waals surface area contributed by atoms with Crippen LogP contribution in [-0.2, 0) is 0 Å². The number of benzene rings is 1. The number of Topliss-reactive ketones (excluding diaryl/α,β-unsaturated/α-hetero) is 1.